The number of thioether (sulfide) groups is 1. The monoisotopic (exact) mass is 279 g/mol. The molecule has 0 spiro atoms. The highest BCUT2D eigenvalue weighted by molar-refractivity contribution is 8.00. The lowest BCUT2D eigenvalue weighted by Gasteiger charge is -2.16. The summed E-state index contributed by atoms with van der Waals surface area (Å²) in [4.78, 5) is 24.1. The van der Waals surface area contributed by atoms with Crippen molar-refractivity contribution in [3.63, 3.8) is 0 Å². The normalized spacial score (nSPS) is 13.7. The minimum absolute atomic E-state index is 0.0509. The van der Waals surface area contributed by atoms with Crippen molar-refractivity contribution >= 4 is 23.5 Å². The predicted octanol–water partition coefficient (Wildman–Crippen LogP) is 3.28. The third kappa shape index (κ3) is 5.07. The molecule has 1 N–H and O–H groups in total. The van der Waals surface area contributed by atoms with E-state index in [1.807, 2.05) is 32.9 Å². The molecule has 4 heteroatoms. The van der Waals surface area contributed by atoms with E-state index in [4.69, 9.17) is 0 Å². The Hall–Kier alpha value is -1.29. The fourth-order valence-electron chi connectivity index (χ4n) is 1.49. The fraction of sp³-hybridized carbons (Fsp3) is 0.467. The van der Waals surface area contributed by atoms with E-state index < -0.39 is 0 Å². The van der Waals surface area contributed by atoms with Crippen LogP contribution >= 0.6 is 11.8 Å². The predicted molar refractivity (Wildman–Crippen MR) is 79.7 cm³/mol. The Morgan fingerprint density at radius 2 is 1.79 bits per heavy atom. The molecular weight excluding hydrogens is 258 g/mol. The second-order valence-corrected chi connectivity index (χ2v) is 6.07. The van der Waals surface area contributed by atoms with Crippen LogP contribution in [0.2, 0.25) is 0 Å². The summed E-state index contributed by atoms with van der Waals surface area (Å²) in [6.45, 7) is 7.48. The van der Waals surface area contributed by atoms with Gasteiger partial charge in [-0.2, -0.15) is 0 Å². The van der Waals surface area contributed by atoms with E-state index >= 15 is 0 Å². The Bertz CT molecular complexity index is 442. The van der Waals surface area contributed by atoms with Gasteiger partial charge in [0.25, 0.3) is 0 Å². The van der Waals surface area contributed by atoms with Gasteiger partial charge in [0.05, 0.1) is 5.25 Å². The molecule has 0 radical (unpaired) electrons. The fourth-order valence-corrected chi connectivity index (χ4v) is 2.36. The Balaban J connectivity index is 2.58. The van der Waals surface area contributed by atoms with Gasteiger partial charge in [-0.3, -0.25) is 9.59 Å². The SMILES string of the molecule is CCC(C)NC(=O)C(C)Sc1ccc(C(C)=O)cc1. The molecule has 0 aromatic heterocycles. The largest absolute Gasteiger partial charge is 0.353 e. The summed E-state index contributed by atoms with van der Waals surface area (Å²) < 4.78 is 0. The van der Waals surface area contributed by atoms with Crippen molar-refractivity contribution in [2.45, 2.75) is 50.3 Å². The highest BCUT2D eigenvalue weighted by atomic mass is 32.2. The highest BCUT2D eigenvalue weighted by Crippen LogP contribution is 2.23. The molecule has 19 heavy (non-hydrogen) atoms. The summed E-state index contributed by atoms with van der Waals surface area (Å²) in [7, 11) is 0. The topological polar surface area (TPSA) is 46.2 Å². The van der Waals surface area contributed by atoms with Crippen molar-refractivity contribution in [3.8, 4) is 0 Å². The van der Waals surface area contributed by atoms with Gasteiger partial charge in [-0.25, -0.2) is 0 Å². The molecule has 0 aliphatic rings. The minimum Gasteiger partial charge on any atom is -0.353 e. The summed E-state index contributed by atoms with van der Waals surface area (Å²) in [5.41, 5.74) is 0.695. The first-order chi connectivity index (χ1) is 8.93. The molecule has 0 fully saturated rings. The van der Waals surface area contributed by atoms with Crippen LogP contribution in [0.4, 0.5) is 0 Å². The van der Waals surface area contributed by atoms with Gasteiger partial charge >= 0.3 is 0 Å². The molecule has 0 aliphatic heterocycles. The van der Waals surface area contributed by atoms with Crippen LogP contribution in [0.3, 0.4) is 0 Å². The summed E-state index contributed by atoms with van der Waals surface area (Å²) in [6, 6.07) is 7.56. The first kappa shape index (κ1) is 15.8. The summed E-state index contributed by atoms with van der Waals surface area (Å²) in [6.07, 6.45) is 0.927. The van der Waals surface area contributed by atoms with Gasteiger partial charge in [0.2, 0.25) is 5.91 Å². The Morgan fingerprint density at radius 3 is 2.26 bits per heavy atom. The maximum atomic E-state index is 11.9. The van der Waals surface area contributed by atoms with E-state index in [9.17, 15) is 9.59 Å². The van der Waals surface area contributed by atoms with Crippen molar-refractivity contribution in [3.05, 3.63) is 29.8 Å². The number of nitrogens with one attached hydrogen (secondary N) is 1. The molecule has 0 aliphatic carbocycles. The second kappa shape index (κ2) is 7.34. The van der Waals surface area contributed by atoms with Gasteiger partial charge < -0.3 is 5.32 Å². The smallest absolute Gasteiger partial charge is 0.233 e. The standard InChI is InChI=1S/C15H21NO2S/c1-5-10(2)16-15(18)12(4)19-14-8-6-13(7-9-14)11(3)17/h6-10,12H,5H2,1-4H3,(H,16,18). The maximum absolute atomic E-state index is 11.9. The molecule has 104 valence electrons. The number of ketones is 1. The van der Waals surface area contributed by atoms with Crippen molar-refractivity contribution in [1.29, 1.82) is 0 Å². The van der Waals surface area contributed by atoms with Gasteiger partial charge in [0.1, 0.15) is 0 Å². The lowest BCUT2D eigenvalue weighted by atomic mass is 10.2. The molecule has 0 heterocycles. The molecule has 2 unspecified atom stereocenters. The molecule has 1 aromatic carbocycles. The van der Waals surface area contributed by atoms with Crippen LogP contribution in [0.1, 0.15) is 44.5 Å². The number of benzene rings is 1. The Labute approximate surface area is 119 Å². The average molecular weight is 279 g/mol. The molecule has 1 aromatic rings. The average Bonchev–Trinajstić information content (AvgIpc) is 2.38. The first-order valence-corrected chi connectivity index (χ1v) is 7.40. The zero-order valence-corrected chi connectivity index (χ0v) is 12.7. The molecule has 0 bridgehead atoms. The summed E-state index contributed by atoms with van der Waals surface area (Å²) in [5, 5.41) is 2.82. The molecule has 1 amide bonds. The number of rotatable bonds is 6. The Kier molecular flexibility index (Phi) is 6.09. The minimum atomic E-state index is -0.142. The van der Waals surface area contributed by atoms with Crippen LogP contribution in [-0.2, 0) is 4.79 Å². The second-order valence-electron chi connectivity index (χ2n) is 4.66. The van der Waals surface area contributed by atoms with Crippen LogP contribution in [0, 0.1) is 0 Å². The number of carbonyl (C=O) groups is 2. The maximum Gasteiger partial charge on any atom is 0.233 e. The van der Waals surface area contributed by atoms with Gasteiger partial charge in [-0.05, 0) is 39.3 Å². The summed E-state index contributed by atoms with van der Waals surface area (Å²) in [5.74, 6) is 0.106. The van der Waals surface area contributed by atoms with Gasteiger partial charge in [0.15, 0.2) is 5.78 Å². The molecule has 1 rings (SSSR count). The van der Waals surface area contributed by atoms with E-state index in [0.717, 1.165) is 11.3 Å². The number of hydrogen-bond donors (Lipinski definition) is 1. The van der Waals surface area contributed by atoms with Crippen LogP contribution in [-0.4, -0.2) is 23.0 Å². The van der Waals surface area contributed by atoms with Crippen LogP contribution in [0.15, 0.2) is 29.2 Å². The third-order valence-electron chi connectivity index (χ3n) is 2.94. The molecule has 3 nitrogen and oxygen atoms in total. The third-order valence-corrected chi connectivity index (χ3v) is 4.06. The number of hydrogen-bond acceptors (Lipinski definition) is 3. The molecular formula is C15H21NO2S. The van der Waals surface area contributed by atoms with Crippen molar-refractivity contribution < 1.29 is 9.59 Å². The first-order valence-electron chi connectivity index (χ1n) is 6.52. The van der Waals surface area contributed by atoms with Crippen LogP contribution in [0.25, 0.3) is 0 Å². The van der Waals surface area contributed by atoms with Crippen LogP contribution in [0.5, 0.6) is 0 Å². The summed E-state index contributed by atoms with van der Waals surface area (Å²) >= 11 is 1.50. The van der Waals surface area contributed by atoms with E-state index in [1.54, 1.807) is 19.1 Å². The number of carbonyl (C=O) groups excluding carboxylic acids is 2. The van der Waals surface area contributed by atoms with Crippen molar-refractivity contribution in [2.24, 2.45) is 0 Å². The number of Topliss-reactive ketones (excluding diaryl/α,β-unsaturated/α-hetero) is 1. The highest BCUT2D eigenvalue weighted by Gasteiger charge is 2.15. The van der Waals surface area contributed by atoms with E-state index in [2.05, 4.69) is 5.32 Å². The van der Waals surface area contributed by atoms with Crippen LogP contribution < -0.4 is 5.32 Å². The van der Waals surface area contributed by atoms with Gasteiger partial charge in [-0.1, -0.05) is 19.1 Å². The lowest BCUT2D eigenvalue weighted by molar-refractivity contribution is -0.120. The zero-order chi connectivity index (χ0) is 14.4. The van der Waals surface area contributed by atoms with E-state index in [1.165, 1.54) is 11.8 Å². The van der Waals surface area contributed by atoms with Crippen molar-refractivity contribution in [2.75, 3.05) is 0 Å². The lowest BCUT2D eigenvalue weighted by Crippen LogP contribution is -2.37. The zero-order valence-electron chi connectivity index (χ0n) is 11.9. The quantitative estimate of drug-likeness (QED) is 0.642. The van der Waals surface area contributed by atoms with E-state index in [-0.39, 0.29) is 23.0 Å². The van der Waals surface area contributed by atoms with Crippen molar-refractivity contribution in [1.82, 2.24) is 5.32 Å². The van der Waals surface area contributed by atoms with Gasteiger partial charge in [-0.15, -0.1) is 11.8 Å². The Morgan fingerprint density at radius 1 is 1.21 bits per heavy atom. The number of amides is 1. The molecule has 0 saturated heterocycles. The molecule has 2 atom stereocenters. The van der Waals surface area contributed by atoms with Gasteiger partial charge in [0, 0.05) is 16.5 Å². The van der Waals surface area contributed by atoms with E-state index in [0.29, 0.717) is 5.56 Å². The molecule has 0 saturated carbocycles.